The molecule has 0 radical (unpaired) electrons. The highest BCUT2D eigenvalue weighted by molar-refractivity contribution is 5.42. The van der Waals surface area contributed by atoms with E-state index in [4.69, 9.17) is 9.47 Å². The number of hydrogen-bond donors (Lipinski definition) is 0. The van der Waals surface area contributed by atoms with Gasteiger partial charge in [-0.05, 0) is 37.5 Å². The number of benzene rings is 1. The van der Waals surface area contributed by atoms with E-state index in [1.54, 1.807) is 7.11 Å². The predicted molar refractivity (Wildman–Crippen MR) is 67.3 cm³/mol. The lowest BCUT2D eigenvalue weighted by atomic mass is 10.1. The second-order valence-corrected chi connectivity index (χ2v) is 4.09. The molecule has 0 saturated heterocycles. The highest BCUT2D eigenvalue weighted by atomic mass is 16.5. The van der Waals surface area contributed by atoms with Crippen LogP contribution in [-0.2, 0) is 0 Å². The van der Waals surface area contributed by atoms with Crippen molar-refractivity contribution in [3.63, 3.8) is 0 Å². The van der Waals surface area contributed by atoms with Crippen LogP contribution in [-0.4, -0.2) is 13.2 Å². The van der Waals surface area contributed by atoms with E-state index < -0.39 is 0 Å². The Bertz CT molecular complexity index is 321. The van der Waals surface area contributed by atoms with Gasteiger partial charge in [0, 0.05) is 0 Å². The number of methoxy groups -OCH3 is 1. The van der Waals surface area contributed by atoms with Crippen LogP contribution in [0.3, 0.4) is 0 Å². The smallest absolute Gasteiger partial charge is 0.161 e. The first-order chi connectivity index (χ1) is 7.71. The van der Waals surface area contributed by atoms with E-state index in [0.29, 0.717) is 6.10 Å². The second-order valence-electron chi connectivity index (χ2n) is 4.09. The molecule has 0 heterocycles. The molecule has 0 aromatic heterocycles. The minimum Gasteiger partial charge on any atom is -0.493 e. The Balaban J connectivity index is 2.80. The number of rotatable bonds is 6. The van der Waals surface area contributed by atoms with Crippen LogP contribution in [0.15, 0.2) is 18.2 Å². The van der Waals surface area contributed by atoms with Gasteiger partial charge in [-0.25, -0.2) is 0 Å². The summed E-state index contributed by atoms with van der Waals surface area (Å²) in [7, 11) is 1.68. The molecule has 2 heteroatoms. The Morgan fingerprint density at radius 2 is 1.94 bits per heavy atom. The van der Waals surface area contributed by atoms with Crippen molar-refractivity contribution < 1.29 is 9.47 Å². The lowest BCUT2D eigenvalue weighted by Crippen LogP contribution is -2.15. The van der Waals surface area contributed by atoms with Gasteiger partial charge < -0.3 is 9.47 Å². The zero-order valence-corrected chi connectivity index (χ0v) is 10.7. The molecule has 2 nitrogen and oxygen atoms in total. The van der Waals surface area contributed by atoms with Gasteiger partial charge in [-0.3, -0.25) is 0 Å². The molecule has 1 rings (SSSR count). The molecule has 1 atom stereocenters. The molecule has 90 valence electrons. The van der Waals surface area contributed by atoms with Crippen LogP contribution in [0.2, 0.25) is 0 Å². The summed E-state index contributed by atoms with van der Waals surface area (Å²) in [4.78, 5) is 0. The molecular weight excluding hydrogens is 200 g/mol. The Morgan fingerprint density at radius 1 is 1.19 bits per heavy atom. The monoisotopic (exact) mass is 222 g/mol. The van der Waals surface area contributed by atoms with Gasteiger partial charge in [-0.15, -0.1) is 0 Å². The summed E-state index contributed by atoms with van der Waals surface area (Å²) < 4.78 is 11.3. The van der Waals surface area contributed by atoms with Crippen molar-refractivity contribution in [3.05, 3.63) is 23.8 Å². The SMILES string of the molecule is CCCC(CC)Oc1cc(C)ccc1OC. The molecule has 0 fully saturated rings. The largest absolute Gasteiger partial charge is 0.493 e. The van der Waals surface area contributed by atoms with E-state index in [1.807, 2.05) is 18.2 Å². The summed E-state index contributed by atoms with van der Waals surface area (Å²) in [5.41, 5.74) is 1.20. The quantitative estimate of drug-likeness (QED) is 0.725. The maximum absolute atomic E-state index is 5.98. The van der Waals surface area contributed by atoms with Crippen LogP contribution in [0.25, 0.3) is 0 Å². The van der Waals surface area contributed by atoms with Gasteiger partial charge in [0.25, 0.3) is 0 Å². The van der Waals surface area contributed by atoms with Gasteiger partial charge in [0.2, 0.25) is 0 Å². The molecule has 0 aliphatic heterocycles. The van der Waals surface area contributed by atoms with Crippen LogP contribution in [0.1, 0.15) is 38.7 Å². The fourth-order valence-corrected chi connectivity index (χ4v) is 1.72. The maximum Gasteiger partial charge on any atom is 0.161 e. The molecule has 1 unspecified atom stereocenters. The van der Waals surface area contributed by atoms with E-state index in [1.165, 1.54) is 5.56 Å². The second kappa shape index (κ2) is 6.41. The normalized spacial score (nSPS) is 12.2. The van der Waals surface area contributed by atoms with E-state index in [2.05, 4.69) is 20.8 Å². The van der Waals surface area contributed by atoms with Crippen LogP contribution < -0.4 is 9.47 Å². The van der Waals surface area contributed by atoms with Crippen molar-refractivity contribution in [2.45, 2.75) is 46.1 Å². The molecule has 1 aromatic rings. The first kappa shape index (κ1) is 12.9. The lowest BCUT2D eigenvalue weighted by Gasteiger charge is -2.19. The van der Waals surface area contributed by atoms with Crippen molar-refractivity contribution in [3.8, 4) is 11.5 Å². The molecule has 16 heavy (non-hydrogen) atoms. The van der Waals surface area contributed by atoms with E-state index in [9.17, 15) is 0 Å². The van der Waals surface area contributed by atoms with Gasteiger partial charge in [0.15, 0.2) is 11.5 Å². The zero-order chi connectivity index (χ0) is 12.0. The summed E-state index contributed by atoms with van der Waals surface area (Å²) in [6.45, 7) is 6.40. The van der Waals surface area contributed by atoms with Gasteiger partial charge in [-0.1, -0.05) is 26.3 Å². The van der Waals surface area contributed by atoms with Gasteiger partial charge in [0.05, 0.1) is 13.2 Å². The summed E-state index contributed by atoms with van der Waals surface area (Å²) in [5, 5.41) is 0. The number of aryl methyl sites for hydroxylation is 1. The zero-order valence-electron chi connectivity index (χ0n) is 10.7. The molecule has 0 saturated carbocycles. The number of hydrogen-bond acceptors (Lipinski definition) is 2. The van der Waals surface area contributed by atoms with Gasteiger partial charge in [-0.2, -0.15) is 0 Å². The third-order valence-corrected chi connectivity index (χ3v) is 2.68. The van der Waals surface area contributed by atoms with Crippen LogP contribution in [0.4, 0.5) is 0 Å². The standard InChI is InChI=1S/C14H22O2/c1-5-7-12(6-2)16-14-10-11(3)8-9-13(14)15-4/h8-10,12H,5-7H2,1-4H3. The average molecular weight is 222 g/mol. The topological polar surface area (TPSA) is 18.5 Å². The Hall–Kier alpha value is -1.18. The Kier molecular flexibility index (Phi) is 5.17. The molecule has 1 aromatic carbocycles. The first-order valence-corrected chi connectivity index (χ1v) is 6.02. The Morgan fingerprint density at radius 3 is 2.50 bits per heavy atom. The average Bonchev–Trinajstić information content (AvgIpc) is 2.29. The van der Waals surface area contributed by atoms with Crippen LogP contribution in [0, 0.1) is 6.92 Å². The van der Waals surface area contributed by atoms with Crippen molar-refractivity contribution in [1.29, 1.82) is 0 Å². The highest BCUT2D eigenvalue weighted by Gasteiger charge is 2.10. The van der Waals surface area contributed by atoms with E-state index in [-0.39, 0.29) is 0 Å². The highest BCUT2D eigenvalue weighted by Crippen LogP contribution is 2.29. The molecule has 0 N–H and O–H groups in total. The van der Waals surface area contributed by atoms with E-state index >= 15 is 0 Å². The third kappa shape index (κ3) is 3.44. The van der Waals surface area contributed by atoms with Crippen molar-refractivity contribution >= 4 is 0 Å². The predicted octanol–water partition coefficient (Wildman–Crippen LogP) is 3.96. The van der Waals surface area contributed by atoms with Crippen molar-refractivity contribution in [2.75, 3.05) is 7.11 Å². The molecule has 0 aliphatic rings. The lowest BCUT2D eigenvalue weighted by molar-refractivity contribution is 0.178. The summed E-state index contributed by atoms with van der Waals surface area (Å²) >= 11 is 0. The summed E-state index contributed by atoms with van der Waals surface area (Å²) in [6, 6.07) is 6.03. The van der Waals surface area contributed by atoms with Gasteiger partial charge >= 0.3 is 0 Å². The van der Waals surface area contributed by atoms with Crippen molar-refractivity contribution in [2.24, 2.45) is 0 Å². The van der Waals surface area contributed by atoms with Crippen molar-refractivity contribution in [1.82, 2.24) is 0 Å². The molecule has 0 aliphatic carbocycles. The fraction of sp³-hybridized carbons (Fsp3) is 0.571. The molecule has 0 bridgehead atoms. The van der Waals surface area contributed by atoms with E-state index in [0.717, 1.165) is 30.8 Å². The van der Waals surface area contributed by atoms with Gasteiger partial charge in [0.1, 0.15) is 0 Å². The molecule has 0 amide bonds. The summed E-state index contributed by atoms with van der Waals surface area (Å²) in [6.07, 6.45) is 3.56. The summed E-state index contributed by atoms with van der Waals surface area (Å²) in [5.74, 6) is 1.68. The minimum absolute atomic E-state index is 0.292. The first-order valence-electron chi connectivity index (χ1n) is 6.02. The molecule has 0 spiro atoms. The number of ether oxygens (including phenoxy) is 2. The fourth-order valence-electron chi connectivity index (χ4n) is 1.72. The Labute approximate surface area is 98.6 Å². The minimum atomic E-state index is 0.292. The maximum atomic E-state index is 5.98. The van der Waals surface area contributed by atoms with Crippen LogP contribution in [0.5, 0.6) is 11.5 Å². The molecular formula is C14H22O2. The van der Waals surface area contributed by atoms with Crippen LogP contribution >= 0.6 is 0 Å². The third-order valence-electron chi connectivity index (χ3n) is 2.68.